The second-order valence-corrected chi connectivity index (χ2v) is 13.4. The number of hydrogen-bond acceptors (Lipinski definition) is 17. The van der Waals surface area contributed by atoms with Crippen molar-refractivity contribution in [2.24, 2.45) is 0 Å². The summed E-state index contributed by atoms with van der Waals surface area (Å²) in [6.45, 7) is 10.3. The maximum Gasteiger partial charge on any atom is 0.260 e. The summed E-state index contributed by atoms with van der Waals surface area (Å²) in [7, 11) is 2.02. The van der Waals surface area contributed by atoms with Crippen molar-refractivity contribution in [3.8, 4) is 35.0 Å². The van der Waals surface area contributed by atoms with Crippen LogP contribution < -0.4 is 39.8 Å². The molecular weight excluding hydrogens is 725 g/mol. The van der Waals surface area contributed by atoms with Crippen molar-refractivity contribution >= 4 is 16.7 Å². The van der Waals surface area contributed by atoms with Gasteiger partial charge in [0, 0.05) is 82.3 Å². The fourth-order valence-electron chi connectivity index (χ4n) is 5.59. The molecule has 8 rings (SSSR count). The van der Waals surface area contributed by atoms with Crippen LogP contribution in [0.25, 0.3) is 11.9 Å². The van der Waals surface area contributed by atoms with Gasteiger partial charge in [0.2, 0.25) is 23.8 Å². The maximum atomic E-state index is 5.63. The van der Waals surface area contributed by atoms with Crippen molar-refractivity contribution in [1.29, 1.82) is 0 Å². The largest absolute Gasteiger partial charge is 0.486 e. The molecule has 1 atom stereocenters. The Bertz CT molecular complexity index is 2100. The van der Waals surface area contributed by atoms with E-state index >= 15 is 0 Å². The smallest absolute Gasteiger partial charge is 0.260 e. The van der Waals surface area contributed by atoms with Crippen molar-refractivity contribution in [3.05, 3.63) is 90.7 Å². The van der Waals surface area contributed by atoms with E-state index in [-0.39, 0.29) is 12.8 Å². The third-order valence-corrected chi connectivity index (χ3v) is 9.35. The van der Waals surface area contributed by atoms with Crippen LogP contribution in [-0.4, -0.2) is 108 Å². The highest BCUT2D eigenvalue weighted by Crippen LogP contribution is 2.31. The number of likely N-dealkylation sites (N-methyl/N-ethyl adjacent to an activating group) is 1. The van der Waals surface area contributed by atoms with E-state index in [1.807, 2.05) is 57.7 Å². The monoisotopic (exact) mass is 768 g/mol. The zero-order valence-corrected chi connectivity index (χ0v) is 31.8. The Balaban J connectivity index is 0.000000170. The molecule has 1 unspecified atom stereocenters. The number of rotatable bonds is 16. The molecule has 5 aromatic heterocycles. The van der Waals surface area contributed by atoms with Crippen LogP contribution >= 0.6 is 11.5 Å². The number of imidazole rings is 2. The number of aromatic nitrogens is 10. The Kier molecular flexibility index (Phi) is 12.6. The van der Waals surface area contributed by atoms with Crippen molar-refractivity contribution in [2.75, 3.05) is 64.7 Å². The second-order valence-electron chi connectivity index (χ2n) is 12.7. The SMILES string of the molecule is CN(CCNCCc1cnc2c(c1)OCO2)c1nc(-n2ccnc2)ns1.Cc1nc(C(C)NCCNCc2ccc3c(c2)OCCO3)nc(-n2ccnc2)n1. The topological polar surface area (TPSA) is 189 Å². The Morgan fingerprint density at radius 3 is 2.44 bits per heavy atom. The molecule has 1 aromatic carbocycles. The van der Waals surface area contributed by atoms with Gasteiger partial charge in [-0.15, -0.1) is 0 Å². The average molecular weight is 769 g/mol. The van der Waals surface area contributed by atoms with Crippen LogP contribution in [-0.2, 0) is 13.0 Å². The van der Waals surface area contributed by atoms with Crippen LogP contribution in [0.15, 0.2) is 67.9 Å². The lowest BCUT2D eigenvalue weighted by atomic mass is 10.2. The normalized spacial score (nSPS) is 13.3. The Hall–Kier alpha value is -5.76. The number of anilines is 1. The number of pyridine rings is 1. The predicted octanol–water partition coefficient (Wildman–Crippen LogP) is 2.69. The summed E-state index contributed by atoms with van der Waals surface area (Å²) in [4.78, 5) is 32.3. The lowest BCUT2D eigenvalue weighted by Crippen LogP contribution is -2.30. The molecule has 7 heterocycles. The standard InChI is InChI=1S/C20H25N7O2.C16H19N7O2S/c1-14(19-24-15(2)25-20(26-19)27-8-7-22-13-27)23-6-5-21-12-16-3-4-17-18(11-16)29-10-9-28-17;1-22(16-20-15(21-26-16)23-7-5-18-10-23)6-4-17-3-2-12-8-13-14(19-9-12)25-11-24-13/h3-4,7-8,11,13-14,21,23H,5-6,9-10,12H2,1-2H3;5,7-10,17H,2-4,6,11H2,1H3. The van der Waals surface area contributed by atoms with Crippen LogP contribution in [0.3, 0.4) is 0 Å². The zero-order chi connectivity index (χ0) is 37.8. The van der Waals surface area contributed by atoms with Crippen molar-refractivity contribution in [2.45, 2.75) is 32.9 Å². The van der Waals surface area contributed by atoms with Gasteiger partial charge in [-0.1, -0.05) is 6.07 Å². The first-order valence-corrected chi connectivity index (χ1v) is 18.8. The molecule has 0 saturated carbocycles. The number of aryl methyl sites for hydroxylation is 1. The summed E-state index contributed by atoms with van der Waals surface area (Å²) in [5.41, 5.74) is 2.30. The highest BCUT2D eigenvalue weighted by Gasteiger charge is 2.16. The third kappa shape index (κ3) is 10.3. The molecule has 0 saturated heterocycles. The fraction of sp³-hybridized carbons (Fsp3) is 0.389. The number of nitrogens with zero attached hydrogens (tertiary/aromatic N) is 11. The fourth-order valence-corrected chi connectivity index (χ4v) is 6.24. The first kappa shape index (κ1) is 37.6. The van der Waals surface area contributed by atoms with E-state index < -0.39 is 0 Å². The molecule has 0 spiro atoms. The summed E-state index contributed by atoms with van der Waals surface area (Å²) in [6.07, 6.45) is 13.2. The molecule has 0 radical (unpaired) electrons. The average Bonchev–Trinajstić information content (AvgIpc) is 4.05. The van der Waals surface area contributed by atoms with Crippen molar-refractivity contribution in [1.82, 2.24) is 64.3 Å². The molecule has 18 nitrogen and oxygen atoms in total. The Morgan fingerprint density at radius 1 is 0.818 bits per heavy atom. The van der Waals surface area contributed by atoms with Gasteiger partial charge in [0.15, 0.2) is 23.1 Å². The first-order chi connectivity index (χ1) is 27.0. The van der Waals surface area contributed by atoms with Crippen LogP contribution in [0.1, 0.15) is 35.7 Å². The summed E-state index contributed by atoms with van der Waals surface area (Å²) < 4.78 is 29.7. The summed E-state index contributed by atoms with van der Waals surface area (Å²) in [5.74, 6) is 5.58. The van der Waals surface area contributed by atoms with E-state index in [1.165, 1.54) is 17.1 Å². The Labute approximate surface area is 322 Å². The minimum atomic E-state index is 0.00932. The predicted molar refractivity (Wildman–Crippen MR) is 204 cm³/mol. The molecule has 6 aromatic rings. The molecule has 2 aliphatic heterocycles. The van der Waals surface area contributed by atoms with Gasteiger partial charge in [0.1, 0.15) is 31.7 Å². The molecule has 0 amide bonds. The number of ether oxygens (including phenoxy) is 4. The van der Waals surface area contributed by atoms with Gasteiger partial charge in [-0.3, -0.25) is 9.13 Å². The molecule has 19 heteroatoms. The lowest BCUT2D eigenvalue weighted by Gasteiger charge is -2.19. The van der Waals surface area contributed by atoms with Gasteiger partial charge in [-0.25, -0.2) is 19.9 Å². The van der Waals surface area contributed by atoms with Crippen LogP contribution in [0.2, 0.25) is 0 Å². The number of benzene rings is 1. The van der Waals surface area contributed by atoms with Gasteiger partial charge in [0.05, 0.1) is 6.04 Å². The third-order valence-electron chi connectivity index (χ3n) is 8.53. The molecule has 0 fully saturated rings. The van der Waals surface area contributed by atoms with E-state index in [0.717, 1.165) is 73.6 Å². The second kappa shape index (κ2) is 18.5. The number of hydrogen-bond donors (Lipinski definition) is 3. The van der Waals surface area contributed by atoms with Crippen molar-refractivity contribution in [3.63, 3.8) is 0 Å². The van der Waals surface area contributed by atoms with Gasteiger partial charge in [-0.05, 0) is 56.1 Å². The first-order valence-electron chi connectivity index (χ1n) is 18.0. The van der Waals surface area contributed by atoms with Crippen LogP contribution in [0, 0.1) is 6.92 Å². The molecule has 3 N–H and O–H groups in total. The number of fused-ring (bicyclic) bond motifs is 2. The van der Waals surface area contributed by atoms with Gasteiger partial charge in [0.25, 0.3) is 5.88 Å². The van der Waals surface area contributed by atoms with Crippen molar-refractivity contribution < 1.29 is 18.9 Å². The van der Waals surface area contributed by atoms with E-state index in [9.17, 15) is 0 Å². The van der Waals surface area contributed by atoms with E-state index in [2.05, 4.69) is 66.2 Å². The maximum absolute atomic E-state index is 5.63. The Morgan fingerprint density at radius 2 is 1.62 bits per heavy atom. The summed E-state index contributed by atoms with van der Waals surface area (Å²) in [5, 5.41) is 11.2. The minimum absolute atomic E-state index is 0.00932. The van der Waals surface area contributed by atoms with E-state index in [1.54, 1.807) is 34.2 Å². The highest BCUT2D eigenvalue weighted by molar-refractivity contribution is 7.09. The van der Waals surface area contributed by atoms with E-state index in [4.69, 9.17) is 18.9 Å². The van der Waals surface area contributed by atoms with E-state index in [0.29, 0.717) is 42.6 Å². The number of nitrogens with one attached hydrogen (secondary N) is 3. The molecule has 0 aliphatic carbocycles. The highest BCUT2D eigenvalue weighted by atomic mass is 32.1. The molecule has 288 valence electrons. The quantitative estimate of drug-likeness (QED) is 0.122. The van der Waals surface area contributed by atoms with Crippen LogP contribution in [0.5, 0.6) is 23.1 Å². The van der Waals surface area contributed by atoms with Gasteiger partial charge in [-0.2, -0.15) is 19.3 Å². The summed E-state index contributed by atoms with van der Waals surface area (Å²) in [6, 6.07) is 8.05. The molecule has 2 aliphatic rings. The molecular formula is C36H44N14O4S. The molecule has 55 heavy (non-hydrogen) atoms. The lowest BCUT2D eigenvalue weighted by molar-refractivity contribution is 0.171. The summed E-state index contributed by atoms with van der Waals surface area (Å²) >= 11 is 1.38. The zero-order valence-electron chi connectivity index (χ0n) is 31.0. The van der Waals surface area contributed by atoms with Gasteiger partial charge >= 0.3 is 0 Å². The molecule has 0 bridgehead atoms. The van der Waals surface area contributed by atoms with Gasteiger partial charge < -0.3 is 39.8 Å². The van der Waals surface area contributed by atoms with Crippen LogP contribution in [0.4, 0.5) is 5.13 Å². The minimum Gasteiger partial charge on any atom is -0.486 e.